The molecule has 1 unspecified atom stereocenters. The summed E-state index contributed by atoms with van der Waals surface area (Å²) in [6.45, 7) is 9.32. The van der Waals surface area contributed by atoms with Gasteiger partial charge in [-0.3, -0.25) is 28.9 Å². The molecule has 38 heavy (non-hydrogen) atoms. The van der Waals surface area contributed by atoms with Crippen molar-refractivity contribution in [1.29, 1.82) is 0 Å². The van der Waals surface area contributed by atoms with Gasteiger partial charge in [-0.15, -0.1) is 0 Å². The number of hydrogen-bond donors (Lipinski definition) is 1. The highest BCUT2D eigenvalue weighted by Crippen LogP contribution is 2.26. The molecule has 3 fully saturated rings. The zero-order valence-electron chi connectivity index (χ0n) is 22.6. The van der Waals surface area contributed by atoms with E-state index in [0.717, 1.165) is 43.6 Å². The van der Waals surface area contributed by atoms with Crippen LogP contribution in [0.1, 0.15) is 58.1 Å². The lowest BCUT2D eigenvalue weighted by Gasteiger charge is -2.42. The summed E-state index contributed by atoms with van der Waals surface area (Å²) >= 11 is 0. The summed E-state index contributed by atoms with van der Waals surface area (Å²) in [6.07, 6.45) is 2.23. The first-order valence-electron chi connectivity index (χ1n) is 13.4. The molecule has 3 amide bonds. The average molecular weight is 528 g/mol. The van der Waals surface area contributed by atoms with Crippen molar-refractivity contribution in [2.24, 2.45) is 7.05 Å². The Hall–Kier alpha value is -3.18. The van der Waals surface area contributed by atoms with E-state index >= 15 is 0 Å². The van der Waals surface area contributed by atoms with E-state index in [0.29, 0.717) is 25.0 Å². The number of imidazole rings is 1. The van der Waals surface area contributed by atoms with Crippen molar-refractivity contribution in [1.82, 2.24) is 24.3 Å². The number of aromatic nitrogens is 2. The molecule has 11 nitrogen and oxygen atoms in total. The first-order chi connectivity index (χ1) is 18.0. The van der Waals surface area contributed by atoms with Crippen molar-refractivity contribution in [2.75, 3.05) is 26.2 Å². The molecule has 11 heteroatoms. The minimum atomic E-state index is -0.681. The van der Waals surface area contributed by atoms with Gasteiger partial charge in [-0.05, 0) is 57.7 Å². The fraction of sp³-hybridized carbons (Fsp3) is 0.630. The monoisotopic (exact) mass is 527 g/mol. The van der Waals surface area contributed by atoms with E-state index in [1.165, 1.54) is 4.57 Å². The van der Waals surface area contributed by atoms with Crippen LogP contribution < -0.4 is 11.0 Å². The van der Waals surface area contributed by atoms with Crippen LogP contribution in [-0.2, 0) is 32.7 Å². The fourth-order valence-electron chi connectivity index (χ4n) is 5.51. The Bertz CT molecular complexity index is 1290. The molecule has 0 radical (unpaired) electrons. The van der Waals surface area contributed by atoms with Crippen molar-refractivity contribution in [3.63, 3.8) is 0 Å². The number of imide groups is 1. The van der Waals surface area contributed by atoms with Gasteiger partial charge in [-0.2, -0.15) is 0 Å². The number of likely N-dealkylation sites (tertiary alicyclic amines) is 2. The zero-order chi connectivity index (χ0) is 27.2. The van der Waals surface area contributed by atoms with Gasteiger partial charge in [0.25, 0.3) is 0 Å². The molecule has 5 rings (SSSR count). The predicted molar refractivity (Wildman–Crippen MR) is 140 cm³/mol. The first kappa shape index (κ1) is 26.4. The molecule has 4 heterocycles. The maximum Gasteiger partial charge on any atom is 0.410 e. The summed E-state index contributed by atoms with van der Waals surface area (Å²) in [5, 5.41) is 2.34. The second-order valence-corrected chi connectivity index (χ2v) is 11.6. The number of amides is 3. The van der Waals surface area contributed by atoms with E-state index in [1.807, 2.05) is 39.0 Å². The molecule has 0 saturated carbocycles. The second kappa shape index (κ2) is 10.2. The predicted octanol–water partition coefficient (Wildman–Crippen LogP) is 1.92. The maximum atomic E-state index is 13.0. The van der Waals surface area contributed by atoms with Crippen LogP contribution in [0.5, 0.6) is 0 Å². The van der Waals surface area contributed by atoms with Gasteiger partial charge in [-0.25, -0.2) is 9.59 Å². The third kappa shape index (κ3) is 5.49. The Morgan fingerprint density at radius 2 is 1.74 bits per heavy atom. The number of ether oxygens (including phenoxy) is 2. The first-order valence-corrected chi connectivity index (χ1v) is 13.4. The molecule has 0 spiro atoms. The van der Waals surface area contributed by atoms with E-state index in [-0.39, 0.29) is 36.3 Å². The Balaban J connectivity index is 1.13. The minimum Gasteiger partial charge on any atom is -0.444 e. The molecule has 2 aromatic rings. The van der Waals surface area contributed by atoms with Gasteiger partial charge >= 0.3 is 11.8 Å². The molecule has 0 aliphatic carbocycles. The third-order valence-electron chi connectivity index (χ3n) is 7.48. The number of nitrogens with zero attached hydrogens (tertiary/aromatic N) is 4. The van der Waals surface area contributed by atoms with Crippen molar-refractivity contribution in [2.45, 2.75) is 76.9 Å². The van der Waals surface area contributed by atoms with Crippen LogP contribution in [0.4, 0.5) is 4.79 Å². The normalized spacial score (nSPS) is 22.0. The Labute approximate surface area is 221 Å². The van der Waals surface area contributed by atoms with Crippen LogP contribution in [0.15, 0.2) is 23.0 Å². The highest BCUT2D eigenvalue weighted by Gasteiger charge is 2.34. The topological polar surface area (TPSA) is 115 Å². The highest BCUT2D eigenvalue weighted by molar-refractivity contribution is 6.00. The van der Waals surface area contributed by atoms with Gasteiger partial charge < -0.3 is 14.4 Å². The van der Waals surface area contributed by atoms with Crippen LogP contribution in [0.3, 0.4) is 0 Å². The Morgan fingerprint density at radius 3 is 2.39 bits per heavy atom. The highest BCUT2D eigenvalue weighted by atomic mass is 16.6. The standard InChI is InChI=1S/C27H37N5O6/c1-27(2,3)38-26(36)31-11-9-18(10-12-31)37-19-15-30(16-19)14-17-5-6-20-22(13-17)29(4)25(35)32(20)21-7-8-23(33)28-24(21)34/h5-6,13,18-19,21H,7-12,14-16H2,1-4H3,(H,28,33,34). The molecule has 0 bridgehead atoms. The molecule has 1 atom stereocenters. The molecular formula is C27H37N5O6. The van der Waals surface area contributed by atoms with Gasteiger partial charge in [0.15, 0.2) is 0 Å². The quantitative estimate of drug-likeness (QED) is 0.591. The summed E-state index contributed by atoms with van der Waals surface area (Å²) in [6, 6.07) is 5.20. The fourth-order valence-corrected chi connectivity index (χ4v) is 5.51. The van der Waals surface area contributed by atoms with Crippen molar-refractivity contribution in [3.8, 4) is 0 Å². The summed E-state index contributed by atoms with van der Waals surface area (Å²) in [5.41, 5.74) is 1.79. The number of carbonyl (C=O) groups is 3. The average Bonchev–Trinajstić information content (AvgIpc) is 3.07. The zero-order valence-corrected chi connectivity index (χ0v) is 22.6. The lowest BCUT2D eigenvalue weighted by molar-refractivity contribution is -0.135. The number of hydrogen-bond acceptors (Lipinski definition) is 7. The number of piperidine rings is 2. The van der Waals surface area contributed by atoms with E-state index in [9.17, 15) is 19.2 Å². The number of fused-ring (bicyclic) bond motifs is 1. The number of carbonyl (C=O) groups excluding carboxylic acids is 3. The van der Waals surface area contributed by atoms with E-state index in [2.05, 4.69) is 10.2 Å². The number of benzene rings is 1. The minimum absolute atomic E-state index is 0.152. The van der Waals surface area contributed by atoms with Crippen LogP contribution >= 0.6 is 0 Å². The number of aryl methyl sites for hydroxylation is 1. The molecule has 1 aromatic heterocycles. The van der Waals surface area contributed by atoms with Crippen molar-refractivity contribution in [3.05, 3.63) is 34.2 Å². The van der Waals surface area contributed by atoms with E-state index in [4.69, 9.17) is 9.47 Å². The Morgan fingerprint density at radius 1 is 1.03 bits per heavy atom. The molecule has 1 aromatic carbocycles. The van der Waals surface area contributed by atoms with Crippen molar-refractivity contribution >= 4 is 28.9 Å². The molecule has 3 aliphatic heterocycles. The van der Waals surface area contributed by atoms with Crippen molar-refractivity contribution < 1.29 is 23.9 Å². The van der Waals surface area contributed by atoms with Crippen LogP contribution in [0.2, 0.25) is 0 Å². The molecule has 1 N–H and O–H groups in total. The van der Waals surface area contributed by atoms with Crippen LogP contribution in [0, 0.1) is 0 Å². The number of nitrogens with one attached hydrogen (secondary N) is 1. The van der Waals surface area contributed by atoms with Gasteiger partial charge in [0, 0.05) is 46.2 Å². The molecule has 206 valence electrons. The SMILES string of the molecule is Cn1c(=O)n(C2CCC(=O)NC2=O)c2ccc(CN3CC(OC4CCN(C(=O)OC(C)(C)C)CC4)C3)cc21. The smallest absolute Gasteiger partial charge is 0.410 e. The van der Waals surface area contributed by atoms with Crippen LogP contribution in [0.25, 0.3) is 11.0 Å². The van der Waals surface area contributed by atoms with Gasteiger partial charge in [0.05, 0.1) is 23.2 Å². The van der Waals surface area contributed by atoms with Crippen LogP contribution in [-0.4, -0.2) is 80.8 Å². The third-order valence-corrected chi connectivity index (χ3v) is 7.48. The summed E-state index contributed by atoms with van der Waals surface area (Å²) in [7, 11) is 1.71. The van der Waals surface area contributed by atoms with Gasteiger partial charge in [0.2, 0.25) is 11.8 Å². The summed E-state index contributed by atoms with van der Waals surface area (Å²) in [4.78, 5) is 53.2. The van der Waals surface area contributed by atoms with Gasteiger partial charge in [-0.1, -0.05) is 6.07 Å². The lowest BCUT2D eigenvalue weighted by atomic mass is 10.0. The summed E-state index contributed by atoms with van der Waals surface area (Å²) < 4.78 is 14.8. The number of rotatable bonds is 5. The second-order valence-electron chi connectivity index (χ2n) is 11.6. The molecule has 3 saturated heterocycles. The molecule has 3 aliphatic rings. The Kier molecular flexibility index (Phi) is 7.08. The maximum absolute atomic E-state index is 13.0. The van der Waals surface area contributed by atoms with E-state index in [1.54, 1.807) is 16.5 Å². The molecular weight excluding hydrogens is 490 g/mol. The van der Waals surface area contributed by atoms with E-state index < -0.39 is 17.6 Å². The largest absolute Gasteiger partial charge is 0.444 e. The lowest BCUT2D eigenvalue weighted by Crippen LogP contribution is -2.53. The van der Waals surface area contributed by atoms with Gasteiger partial charge in [0.1, 0.15) is 11.6 Å². The summed E-state index contributed by atoms with van der Waals surface area (Å²) in [5.74, 6) is -0.730.